The van der Waals surface area contributed by atoms with Gasteiger partial charge in [-0.2, -0.15) is 0 Å². The van der Waals surface area contributed by atoms with Crippen LogP contribution in [0.2, 0.25) is 0 Å². The largest absolute Gasteiger partial charge is 0.394 e. The van der Waals surface area contributed by atoms with Crippen molar-refractivity contribution in [3.8, 4) is 0 Å². The molecule has 4 atom stereocenters. The average Bonchev–Trinajstić information content (AvgIpc) is 2.35. The molecule has 1 heterocycles. The van der Waals surface area contributed by atoms with Gasteiger partial charge in [-0.15, -0.1) is 12.4 Å². The lowest BCUT2D eigenvalue weighted by atomic mass is 9.79. The molecular formula is C12H26ClNO4. The highest BCUT2D eigenvalue weighted by Crippen LogP contribution is 2.26. The SMILES string of the molecule is CCCCCC[C@@]1(CO)NC[C@H](O)[C@@H](O)[C@@H]1O.Cl. The zero-order valence-corrected chi connectivity index (χ0v) is 11.7. The van der Waals surface area contributed by atoms with E-state index in [2.05, 4.69) is 12.2 Å². The lowest BCUT2D eigenvalue weighted by Crippen LogP contribution is -2.69. The quantitative estimate of drug-likeness (QED) is 0.435. The van der Waals surface area contributed by atoms with Gasteiger partial charge in [0.1, 0.15) is 12.2 Å². The Balaban J connectivity index is 0.00000289. The van der Waals surface area contributed by atoms with E-state index >= 15 is 0 Å². The van der Waals surface area contributed by atoms with Gasteiger partial charge in [0.05, 0.1) is 18.2 Å². The Labute approximate surface area is 115 Å². The van der Waals surface area contributed by atoms with Crippen LogP contribution in [0.5, 0.6) is 0 Å². The minimum Gasteiger partial charge on any atom is -0.394 e. The molecule has 5 nitrogen and oxygen atoms in total. The van der Waals surface area contributed by atoms with E-state index in [0.717, 1.165) is 25.7 Å². The summed E-state index contributed by atoms with van der Waals surface area (Å²) in [6.07, 6.45) is 1.51. The topological polar surface area (TPSA) is 93.0 Å². The first kappa shape index (κ1) is 18.1. The third-order valence-electron chi connectivity index (χ3n) is 3.71. The van der Waals surface area contributed by atoms with E-state index in [1.54, 1.807) is 0 Å². The summed E-state index contributed by atoms with van der Waals surface area (Å²) in [5.41, 5.74) is -0.869. The first-order valence-electron chi connectivity index (χ1n) is 6.47. The summed E-state index contributed by atoms with van der Waals surface area (Å²) < 4.78 is 0. The molecule has 5 N–H and O–H groups in total. The minimum atomic E-state index is -1.19. The molecule has 0 aromatic rings. The molecule has 18 heavy (non-hydrogen) atoms. The summed E-state index contributed by atoms with van der Waals surface area (Å²) in [4.78, 5) is 0. The molecule has 0 unspecified atom stereocenters. The van der Waals surface area contributed by atoms with Crippen molar-refractivity contribution in [2.45, 2.75) is 62.9 Å². The third kappa shape index (κ3) is 4.05. The van der Waals surface area contributed by atoms with E-state index in [9.17, 15) is 20.4 Å². The van der Waals surface area contributed by atoms with E-state index in [1.807, 2.05) is 0 Å². The molecule has 0 aromatic carbocycles. The molecule has 1 aliphatic rings. The number of nitrogens with one attached hydrogen (secondary N) is 1. The molecule has 0 spiro atoms. The fourth-order valence-corrected chi connectivity index (χ4v) is 2.40. The molecule has 0 aliphatic carbocycles. The van der Waals surface area contributed by atoms with E-state index in [-0.39, 0.29) is 25.6 Å². The fourth-order valence-electron chi connectivity index (χ4n) is 2.40. The van der Waals surface area contributed by atoms with Crippen molar-refractivity contribution in [2.24, 2.45) is 0 Å². The van der Waals surface area contributed by atoms with Gasteiger partial charge in [-0.1, -0.05) is 32.6 Å². The standard InChI is InChI=1S/C12H25NO4.ClH/c1-2-3-4-5-6-12(8-14)11(17)10(16)9(15)7-13-12;/h9-11,13-17H,2-8H2,1H3;1H/t9-,10+,11-,12-;/m0./s1. The third-order valence-corrected chi connectivity index (χ3v) is 3.71. The van der Waals surface area contributed by atoms with Crippen LogP contribution in [0, 0.1) is 0 Å². The van der Waals surface area contributed by atoms with E-state index < -0.39 is 23.9 Å². The van der Waals surface area contributed by atoms with E-state index in [0.29, 0.717) is 6.42 Å². The molecule has 0 bridgehead atoms. The summed E-state index contributed by atoms with van der Waals surface area (Å²) in [7, 11) is 0. The van der Waals surface area contributed by atoms with E-state index in [4.69, 9.17) is 0 Å². The van der Waals surface area contributed by atoms with Crippen LogP contribution < -0.4 is 5.32 Å². The van der Waals surface area contributed by atoms with Crippen molar-refractivity contribution in [3.05, 3.63) is 0 Å². The van der Waals surface area contributed by atoms with Crippen LogP contribution in [0.4, 0.5) is 0 Å². The monoisotopic (exact) mass is 283 g/mol. The van der Waals surface area contributed by atoms with Gasteiger partial charge < -0.3 is 25.7 Å². The number of aliphatic hydroxyl groups is 4. The van der Waals surface area contributed by atoms with Crippen LogP contribution in [-0.4, -0.2) is 57.4 Å². The zero-order chi connectivity index (χ0) is 12.9. The van der Waals surface area contributed by atoms with Gasteiger partial charge in [0, 0.05) is 6.54 Å². The van der Waals surface area contributed by atoms with Crippen molar-refractivity contribution < 1.29 is 20.4 Å². The Kier molecular flexibility index (Phi) is 8.34. The number of aliphatic hydroxyl groups excluding tert-OH is 4. The molecule has 0 amide bonds. The number of halogens is 1. The molecule has 0 radical (unpaired) electrons. The number of unbranched alkanes of at least 4 members (excludes halogenated alkanes) is 3. The van der Waals surface area contributed by atoms with Crippen molar-refractivity contribution >= 4 is 12.4 Å². The van der Waals surface area contributed by atoms with Crippen molar-refractivity contribution in [1.82, 2.24) is 5.32 Å². The van der Waals surface area contributed by atoms with Crippen molar-refractivity contribution in [1.29, 1.82) is 0 Å². The Hall–Kier alpha value is 0.0900. The maximum Gasteiger partial charge on any atom is 0.109 e. The number of piperidine rings is 1. The van der Waals surface area contributed by atoms with Crippen LogP contribution in [0.25, 0.3) is 0 Å². The fraction of sp³-hybridized carbons (Fsp3) is 1.00. The normalized spacial score (nSPS) is 36.2. The summed E-state index contributed by atoms with van der Waals surface area (Å²) >= 11 is 0. The van der Waals surface area contributed by atoms with Crippen molar-refractivity contribution in [3.63, 3.8) is 0 Å². The van der Waals surface area contributed by atoms with Crippen molar-refractivity contribution in [2.75, 3.05) is 13.2 Å². The number of β-amino-alcohol motifs (C(OH)–C–C–N with tert-alkyl or cyclic N) is 1. The lowest BCUT2D eigenvalue weighted by molar-refractivity contribution is -0.135. The van der Waals surface area contributed by atoms with Gasteiger partial charge in [0.2, 0.25) is 0 Å². The summed E-state index contributed by atoms with van der Waals surface area (Å²) in [5.74, 6) is 0. The average molecular weight is 284 g/mol. The van der Waals surface area contributed by atoms with Crippen LogP contribution in [0.3, 0.4) is 0 Å². The predicted octanol–water partition coefficient (Wildman–Crippen LogP) is -0.204. The predicted molar refractivity (Wildman–Crippen MR) is 71.8 cm³/mol. The second-order valence-corrected chi connectivity index (χ2v) is 5.01. The number of rotatable bonds is 6. The molecule has 1 saturated heterocycles. The van der Waals surface area contributed by atoms with Crippen LogP contribution in [0.15, 0.2) is 0 Å². The first-order chi connectivity index (χ1) is 8.07. The summed E-state index contributed by atoms with van der Waals surface area (Å²) in [5, 5.41) is 41.5. The Morgan fingerprint density at radius 1 is 1.17 bits per heavy atom. The Morgan fingerprint density at radius 2 is 1.83 bits per heavy atom. The highest BCUT2D eigenvalue weighted by Gasteiger charge is 2.46. The smallest absolute Gasteiger partial charge is 0.109 e. The van der Waals surface area contributed by atoms with Crippen LogP contribution >= 0.6 is 12.4 Å². The molecule has 0 saturated carbocycles. The van der Waals surface area contributed by atoms with Gasteiger partial charge in [-0.25, -0.2) is 0 Å². The highest BCUT2D eigenvalue weighted by atomic mass is 35.5. The van der Waals surface area contributed by atoms with Gasteiger partial charge in [0.25, 0.3) is 0 Å². The van der Waals surface area contributed by atoms with Gasteiger partial charge in [-0.05, 0) is 6.42 Å². The maximum absolute atomic E-state index is 9.98. The minimum absolute atomic E-state index is 0. The Bertz CT molecular complexity index is 232. The number of hydrogen-bond donors (Lipinski definition) is 5. The molecule has 1 fully saturated rings. The van der Waals surface area contributed by atoms with E-state index in [1.165, 1.54) is 0 Å². The van der Waals surface area contributed by atoms with Gasteiger partial charge >= 0.3 is 0 Å². The highest BCUT2D eigenvalue weighted by molar-refractivity contribution is 5.85. The maximum atomic E-state index is 9.98. The van der Waals surface area contributed by atoms with Crippen LogP contribution in [-0.2, 0) is 0 Å². The van der Waals surface area contributed by atoms with Gasteiger partial charge in [0.15, 0.2) is 0 Å². The number of hydrogen-bond acceptors (Lipinski definition) is 5. The van der Waals surface area contributed by atoms with Crippen LogP contribution in [0.1, 0.15) is 39.0 Å². The molecule has 6 heteroatoms. The molecule has 1 aliphatic heterocycles. The molecular weight excluding hydrogens is 258 g/mol. The van der Waals surface area contributed by atoms with Gasteiger partial charge in [-0.3, -0.25) is 0 Å². The summed E-state index contributed by atoms with van der Waals surface area (Å²) in [6, 6.07) is 0. The first-order valence-corrected chi connectivity index (χ1v) is 6.47. The Morgan fingerprint density at radius 3 is 2.39 bits per heavy atom. The zero-order valence-electron chi connectivity index (χ0n) is 10.9. The second-order valence-electron chi connectivity index (χ2n) is 5.01. The molecule has 1 rings (SSSR count). The lowest BCUT2D eigenvalue weighted by Gasteiger charge is -2.45. The second kappa shape index (κ2) is 8.30. The summed E-state index contributed by atoms with van der Waals surface area (Å²) in [6.45, 7) is 2.09. The molecule has 0 aromatic heterocycles. The molecule has 110 valence electrons.